The molecule has 3 atom stereocenters. The van der Waals surface area contributed by atoms with Crippen LogP contribution in [0.3, 0.4) is 0 Å². The fraction of sp³-hybridized carbons (Fsp3) is 0.421. The minimum atomic E-state index is -4.70. The Bertz CT molecular complexity index is 1200. The normalized spacial score (nSPS) is 23.0. The van der Waals surface area contributed by atoms with Crippen LogP contribution in [0.25, 0.3) is 0 Å². The van der Waals surface area contributed by atoms with Crippen LogP contribution >= 0.6 is 11.6 Å². The molecule has 0 N–H and O–H groups in total. The van der Waals surface area contributed by atoms with E-state index >= 15 is 0 Å². The van der Waals surface area contributed by atoms with Crippen LogP contribution in [0.15, 0.2) is 46.3 Å². The van der Waals surface area contributed by atoms with Crippen LogP contribution in [0.1, 0.15) is 30.7 Å². The molecule has 2 heterocycles. The Kier molecular flexibility index (Phi) is 6.45. The number of sulfone groups is 2. The summed E-state index contributed by atoms with van der Waals surface area (Å²) in [5.74, 6) is -0.481. The summed E-state index contributed by atoms with van der Waals surface area (Å²) in [6, 6.07) is 4.67. The number of rotatable bonds is 4. The third-order valence-corrected chi connectivity index (χ3v) is 8.84. The molecule has 0 saturated carbocycles. The van der Waals surface area contributed by atoms with E-state index < -0.39 is 53.6 Å². The fourth-order valence-electron chi connectivity index (χ4n) is 3.49. The average molecular weight is 498 g/mol. The first-order valence-corrected chi connectivity index (χ1v) is 12.9. The molecule has 0 spiro atoms. The SMILES string of the molecule is CC1CCOC(c2ncc(S(C)(=O)=O)cc2Cl)C1S(=O)(=O)c1cccc(C(F)(F)F)c1. The second-order valence-corrected chi connectivity index (χ2v) is 11.9. The Hall–Kier alpha value is -1.69. The van der Waals surface area contributed by atoms with Crippen molar-refractivity contribution in [2.45, 2.75) is 40.7 Å². The van der Waals surface area contributed by atoms with E-state index in [1.165, 1.54) is 0 Å². The van der Waals surface area contributed by atoms with Crippen LogP contribution in [0.5, 0.6) is 0 Å². The van der Waals surface area contributed by atoms with Gasteiger partial charge in [0.1, 0.15) is 11.4 Å². The standard InChI is InChI=1S/C19H19ClF3NO5S2/c1-11-6-7-29-17(16-15(20)9-14(10-24-16)30(2,25)26)18(11)31(27,28)13-5-3-4-12(8-13)19(21,22)23/h3-5,8-11,17-18H,6-7H2,1-2H3. The highest BCUT2D eigenvalue weighted by atomic mass is 35.5. The Morgan fingerprint density at radius 3 is 2.39 bits per heavy atom. The van der Waals surface area contributed by atoms with Crippen LogP contribution in [0.4, 0.5) is 13.2 Å². The lowest BCUT2D eigenvalue weighted by Gasteiger charge is -2.36. The maximum Gasteiger partial charge on any atom is 0.416 e. The molecular weight excluding hydrogens is 479 g/mol. The van der Waals surface area contributed by atoms with Gasteiger partial charge in [0.2, 0.25) is 0 Å². The molecule has 3 unspecified atom stereocenters. The molecule has 1 aliphatic rings. The molecule has 1 saturated heterocycles. The zero-order chi connectivity index (χ0) is 23.2. The highest BCUT2D eigenvalue weighted by molar-refractivity contribution is 7.92. The molecule has 0 aliphatic carbocycles. The first-order chi connectivity index (χ1) is 14.2. The summed E-state index contributed by atoms with van der Waals surface area (Å²) in [5.41, 5.74) is -1.07. The zero-order valence-corrected chi connectivity index (χ0v) is 18.8. The van der Waals surface area contributed by atoms with E-state index in [2.05, 4.69) is 4.98 Å². The monoisotopic (exact) mass is 497 g/mol. The van der Waals surface area contributed by atoms with Gasteiger partial charge in [0.25, 0.3) is 0 Å². The van der Waals surface area contributed by atoms with Crippen molar-refractivity contribution >= 4 is 31.3 Å². The molecule has 1 aromatic heterocycles. The molecule has 6 nitrogen and oxygen atoms in total. The summed E-state index contributed by atoms with van der Waals surface area (Å²) in [7, 11) is -7.89. The summed E-state index contributed by atoms with van der Waals surface area (Å²) < 4.78 is 95.2. The van der Waals surface area contributed by atoms with Gasteiger partial charge in [0.15, 0.2) is 19.7 Å². The molecule has 170 valence electrons. The summed E-state index contributed by atoms with van der Waals surface area (Å²) in [6.45, 7) is 1.84. The van der Waals surface area contributed by atoms with Gasteiger partial charge < -0.3 is 4.74 Å². The van der Waals surface area contributed by atoms with E-state index in [1.54, 1.807) is 6.92 Å². The van der Waals surface area contributed by atoms with Crippen molar-refractivity contribution in [3.05, 3.63) is 52.8 Å². The lowest BCUT2D eigenvalue weighted by atomic mass is 9.95. The van der Waals surface area contributed by atoms with Crippen molar-refractivity contribution in [1.29, 1.82) is 0 Å². The van der Waals surface area contributed by atoms with Gasteiger partial charge in [-0.25, -0.2) is 16.8 Å². The van der Waals surface area contributed by atoms with E-state index in [-0.39, 0.29) is 22.2 Å². The van der Waals surface area contributed by atoms with Gasteiger partial charge in [-0.05, 0) is 36.6 Å². The number of alkyl halides is 3. The third-order valence-electron chi connectivity index (χ3n) is 5.12. The van der Waals surface area contributed by atoms with Crippen molar-refractivity contribution in [3.63, 3.8) is 0 Å². The molecule has 0 amide bonds. The molecule has 1 aliphatic heterocycles. The molecule has 0 radical (unpaired) electrons. The number of halogens is 4. The number of aromatic nitrogens is 1. The number of pyridine rings is 1. The van der Waals surface area contributed by atoms with Gasteiger partial charge in [0.05, 0.1) is 26.1 Å². The molecule has 3 rings (SSSR count). The first kappa shape index (κ1) is 24.0. The third kappa shape index (κ3) is 4.89. The molecule has 12 heteroatoms. The topological polar surface area (TPSA) is 90.4 Å². The predicted molar refractivity (Wildman–Crippen MR) is 107 cm³/mol. The van der Waals surface area contributed by atoms with Gasteiger partial charge in [-0.15, -0.1) is 0 Å². The molecule has 1 fully saturated rings. The summed E-state index contributed by atoms with van der Waals surface area (Å²) in [5, 5.41) is -1.37. The van der Waals surface area contributed by atoms with E-state index in [0.717, 1.165) is 36.7 Å². The van der Waals surface area contributed by atoms with Crippen molar-refractivity contribution in [3.8, 4) is 0 Å². The minimum absolute atomic E-state index is 0.0150. The van der Waals surface area contributed by atoms with Crippen LogP contribution in [0.2, 0.25) is 5.02 Å². The lowest BCUT2D eigenvalue weighted by molar-refractivity contribution is -0.137. The second kappa shape index (κ2) is 8.34. The lowest BCUT2D eigenvalue weighted by Crippen LogP contribution is -2.40. The molecular formula is C19H19ClF3NO5S2. The van der Waals surface area contributed by atoms with Crippen LogP contribution in [-0.2, 0) is 30.6 Å². The van der Waals surface area contributed by atoms with E-state index in [0.29, 0.717) is 12.5 Å². The first-order valence-electron chi connectivity index (χ1n) is 9.11. The zero-order valence-electron chi connectivity index (χ0n) is 16.4. The highest BCUT2D eigenvalue weighted by Gasteiger charge is 2.45. The molecule has 0 bridgehead atoms. The average Bonchev–Trinajstić information content (AvgIpc) is 2.66. The number of nitrogens with zero attached hydrogens (tertiary/aromatic N) is 1. The second-order valence-electron chi connectivity index (χ2n) is 7.40. The van der Waals surface area contributed by atoms with E-state index in [1.807, 2.05) is 0 Å². The van der Waals surface area contributed by atoms with Gasteiger partial charge in [-0.3, -0.25) is 4.98 Å². The Morgan fingerprint density at radius 2 is 1.81 bits per heavy atom. The van der Waals surface area contributed by atoms with Crippen LogP contribution in [0, 0.1) is 5.92 Å². The van der Waals surface area contributed by atoms with Crippen molar-refractivity contribution in [2.75, 3.05) is 12.9 Å². The van der Waals surface area contributed by atoms with Crippen molar-refractivity contribution < 1.29 is 34.7 Å². The summed E-state index contributed by atoms with van der Waals surface area (Å²) in [6.07, 6.45) is -3.50. The van der Waals surface area contributed by atoms with Crippen molar-refractivity contribution in [2.24, 2.45) is 5.92 Å². The van der Waals surface area contributed by atoms with Gasteiger partial charge >= 0.3 is 6.18 Å². The maximum atomic E-state index is 13.4. The van der Waals surface area contributed by atoms with Gasteiger partial charge in [0, 0.05) is 19.1 Å². The number of hydrogen-bond donors (Lipinski definition) is 0. The summed E-state index contributed by atoms with van der Waals surface area (Å²) in [4.78, 5) is 3.40. The molecule has 2 aromatic rings. The number of benzene rings is 1. The smallest absolute Gasteiger partial charge is 0.370 e. The Morgan fingerprint density at radius 1 is 1.13 bits per heavy atom. The number of ether oxygens (including phenoxy) is 1. The number of hydrogen-bond acceptors (Lipinski definition) is 6. The van der Waals surface area contributed by atoms with E-state index in [4.69, 9.17) is 16.3 Å². The van der Waals surface area contributed by atoms with Crippen LogP contribution < -0.4 is 0 Å². The molecule has 31 heavy (non-hydrogen) atoms. The fourth-order valence-corrected chi connectivity index (χ4v) is 6.56. The Balaban J connectivity index is 2.10. The summed E-state index contributed by atoms with van der Waals surface area (Å²) >= 11 is 6.21. The Labute approximate surface area is 183 Å². The predicted octanol–water partition coefficient (Wildman–Crippen LogP) is 4.10. The van der Waals surface area contributed by atoms with E-state index in [9.17, 15) is 30.0 Å². The van der Waals surface area contributed by atoms with Crippen molar-refractivity contribution in [1.82, 2.24) is 4.98 Å². The van der Waals surface area contributed by atoms with Crippen LogP contribution in [-0.4, -0.2) is 39.9 Å². The minimum Gasteiger partial charge on any atom is -0.370 e. The molecule has 1 aromatic carbocycles. The largest absolute Gasteiger partial charge is 0.416 e. The van der Waals surface area contributed by atoms with Gasteiger partial charge in [-0.1, -0.05) is 24.6 Å². The van der Waals surface area contributed by atoms with Gasteiger partial charge in [-0.2, -0.15) is 13.2 Å². The highest BCUT2D eigenvalue weighted by Crippen LogP contribution is 2.41. The quantitative estimate of drug-likeness (QED) is 0.631. The maximum absolute atomic E-state index is 13.4.